The number of nitrogens with zero attached hydrogens (tertiary/aromatic N) is 5. The van der Waals surface area contributed by atoms with Crippen LogP contribution in [0.5, 0.6) is 0 Å². The fraction of sp³-hybridized carbons (Fsp3) is 0.588. The maximum atomic E-state index is 12.2. The van der Waals surface area contributed by atoms with Crippen LogP contribution in [0.4, 0.5) is 5.13 Å². The van der Waals surface area contributed by atoms with Crippen LogP contribution in [0.1, 0.15) is 24.1 Å². The monoisotopic (exact) mass is 345 g/mol. The molecule has 1 saturated heterocycles. The van der Waals surface area contributed by atoms with Gasteiger partial charge in [-0.2, -0.15) is 5.10 Å². The van der Waals surface area contributed by atoms with E-state index in [1.54, 1.807) is 16.0 Å². The fourth-order valence-electron chi connectivity index (χ4n) is 3.53. The van der Waals surface area contributed by atoms with Crippen LogP contribution in [0.3, 0.4) is 0 Å². The van der Waals surface area contributed by atoms with Gasteiger partial charge in [-0.05, 0) is 31.2 Å². The number of hydrogen-bond acceptors (Lipinski definition) is 6. The van der Waals surface area contributed by atoms with Gasteiger partial charge in [0.2, 0.25) is 0 Å². The Labute approximate surface area is 145 Å². The lowest BCUT2D eigenvalue weighted by Gasteiger charge is -2.34. The predicted octanol–water partition coefficient (Wildman–Crippen LogP) is 1.40. The highest BCUT2D eigenvalue weighted by Gasteiger charge is 2.19. The van der Waals surface area contributed by atoms with Gasteiger partial charge in [0.15, 0.2) is 5.13 Å². The van der Waals surface area contributed by atoms with Gasteiger partial charge in [-0.25, -0.2) is 9.67 Å². The molecule has 2 aromatic heterocycles. The Kier molecular flexibility index (Phi) is 4.62. The molecule has 3 heterocycles. The fourth-order valence-corrected chi connectivity index (χ4v) is 4.23. The number of fused-ring (bicyclic) bond motifs is 1. The smallest absolute Gasteiger partial charge is 0.267 e. The lowest BCUT2D eigenvalue weighted by atomic mass is 9.97. The summed E-state index contributed by atoms with van der Waals surface area (Å²) in [5.41, 5.74) is 2.35. The molecular formula is C17H23N5OS. The highest BCUT2D eigenvalue weighted by molar-refractivity contribution is 7.13. The van der Waals surface area contributed by atoms with E-state index in [0.29, 0.717) is 6.54 Å². The molecule has 1 aliphatic carbocycles. The van der Waals surface area contributed by atoms with Gasteiger partial charge < -0.3 is 4.90 Å². The number of hydrogen-bond donors (Lipinski definition) is 0. The Morgan fingerprint density at radius 2 is 1.92 bits per heavy atom. The normalized spacial score (nSPS) is 18.6. The summed E-state index contributed by atoms with van der Waals surface area (Å²) in [6, 6.07) is 1.81. The molecule has 1 fully saturated rings. The maximum Gasteiger partial charge on any atom is 0.267 e. The van der Waals surface area contributed by atoms with Crippen molar-refractivity contribution in [3.05, 3.63) is 39.3 Å². The zero-order valence-electron chi connectivity index (χ0n) is 13.9. The third-order valence-corrected chi connectivity index (χ3v) is 5.80. The standard InChI is InChI=1S/C17H23N5OS/c23-16-13-14-3-1-2-4-15(14)19-22(16)11-8-20-6-9-21(10-7-20)17-18-5-12-24-17/h5,12-13H,1-4,6-11H2. The molecule has 0 aromatic carbocycles. The average Bonchev–Trinajstić information content (AvgIpc) is 3.15. The predicted molar refractivity (Wildman–Crippen MR) is 95.9 cm³/mol. The van der Waals surface area contributed by atoms with Crippen LogP contribution in [-0.4, -0.2) is 52.4 Å². The van der Waals surface area contributed by atoms with Gasteiger partial charge in [-0.1, -0.05) is 0 Å². The van der Waals surface area contributed by atoms with Crippen molar-refractivity contribution in [1.82, 2.24) is 19.7 Å². The summed E-state index contributed by atoms with van der Waals surface area (Å²) in [6.45, 7) is 5.60. The van der Waals surface area contributed by atoms with Gasteiger partial charge in [-0.15, -0.1) is 11.3 Å². The van der Waals surface area contributed by atoms with E-state index in [-0.39, 0.29) is 5.56 Å². The third kappa shape index (κ3) is 3.37. The summed E-state index contributed by atoms with van der Waals surface area (Å²) in [5.74, 6) is 0. The van der Waals surface area contributed by atoms with Gasteiger partial charge >= 0.3 is 0 Å². The zero-order valence-corrected chi connectivity index (χ0v) is 14.7. The minimum atomic E-state index is 0.0528. The van der Waals surface area contributed by atoms with Gasteiger partial charge in [0.1, 0.15) is 0 Å². The van der Waals surface area contributed by atoms with Gasteiger partial charge in [0, 0.05) is 50.4 Å². The first-order valence-electron chi connectivity index (χ1n) is 8.76. The van der Waals surface area contributed by atoms with Crippen LogP contribution in [0.15, 0.2) is 22.4 Å². The van der Waals surface area contributed by atoms with Crippen molar-refractivity contribution in [2.75, 3.05) is 37.6 Å². The number of aryl methyl sites for hydroxylation is 2. The summed E-state index contributed by atoms with van der Waals surface area (Å²) < 4.78 is 1.66. The number of thiazole rings is 1. The Balaban J connectivity index is 1.34. The Bertz CT molecular complexity index is 734. The van der Waals surface area contributed by atoms with E-state index in [0.717, 1.165) is 56.4 Å². The molecule has 0 bridgehead atoms. The Morgan fingerprint density at radius 3 is 2.71 bits per heavy atom. The molecule has 7 heteroatoms. The zero-order chi connectivity index (χ0) is 16.4. The van der Waals surface area contributed by atoms with Crippen molar-refractivity contribution in [1.29, 1.82) is 0 Å². The molecule has 128 valence electrons. The third-order valence-electron chi connectivity index (χ3n) is 4.96. The quantitative estimate of drug-likeness (QED) is 0.838. The van der Waals surface area contributed by atoms with Crippen molar-refractivity contribution in [3.8, 4) is 0 Å². The summed E-state index contributed by atoms with van der Waals surface area (Å²) in [5, 5.41) is 7.75. The van der Waals surface area contributed by atoms with Crippen LogP contribution in [0, 0.1) is 0 Å². The minimum Gasteiger partial charge on any atom is -0.346 e. The first kappa shape index (κ1) is 15.8. The molecule has 2 aliphatic rings. The summed E-state index contributed by atoms with van der Waals surface area (Å²) in [7, 11) is 0. The second-order valence-corrected chi connectivity index (χ2v) is 7.40. The lowest BCUT2D eigenvalue weighted by molar-refractivity contribution is 0.242. The molecule has 24 heavy (non-hydrogen) atoms. The first-order chi connectivity index (χ1) is 11.8. The number of rotatable bonds is 4. The summed E-state index contributed by atoms with van der Waals surface area (Å²) in [4.78, 5) is 21.4. The van der Waals surface area contributed by atoms with E-state index in [2.05, 4.69) is 19.9 Å². The maximum absolute atomic E-state index is 12.2. The molecular weight excluding hydrogens is 322 g/mol. The second kappa shape index (κ2) is 7.03. The van der Waals surface area contributed by atoms with Crippen molar-refractivity contribution in [2.24, 2.45) is 0 Å². The molecule has 0 amide bonds. The van der Waals surface area contributed by atoms with E-state index < -0.39 is 0 Å². The molecule has 0 radical (unpaired) electrons. The highest BCUT2D eigenvalue weighted by atomic mass is 32.1. The van der Waals surface area contributed by atoms with Gasteiger partial charge in [0.25, 0.3) is 5.56 Å². The summed E-state index contributed by atoms with van der Waals surface area (Å²) >= 11 is 1.70. The van der Waals surface area contributed by atoms with E-state index in [1.165, 1.54) is 18.4 Å². The van der Waals surface area contributed by atoms with Crippen molar-refractivity contribution < 1.29 is 0 Å². The van der Waals surface area contributed by atoms with Crippen LogP contribution in [-0.2, 0) is 19.4 Å². The number of anilines is 1. The van der Waals surface area contributed by atoms with Gasteiger partial charge in [-0.3, -0.25) is 9.69 Å². The molecule has 0 atom stereocenters. The average molecular weight is 345 g/mol. The van der Waals surface area contributed by atoms with E-state index >= 15 is 0 Å². The van der Waals surface area contributed by atoms with E-state index in [1.807, 2.05) is 17.6 Å². The highest BCUT2D eigenvalue weighted by Crippen LogP contribution is 2.19. The van der Waals surface area contributed by atoms with Crippen LogP contribution in [0.2, 0.25) is 0 Å². The molecule has 2 aromatic rings. The SMILES string of the molecule is O=c1cc2c(nn1CCN1CCN(c3nccs3)CC1)CCCC2. The van der Waals surface area contributed by atoms with Crippen molar-refractivity contribution >= 4 is 16.5 Å². The number of piperazine rings is 1. The topological polar surface area (TPSA) is 54.3 Å². The molecule has 6 nitrogen and oxygen atoms in total. The van der Waals surface area contributed by atoms with E-state index in [4.69, 9.17) is 0 Å². The molecule has 1 aliphatic heterocycles. The van der Waals surface area contributed by atoms with Crippen molar-refractivity contribution in [3.63, 3.8) is 0 Å². The van der Waals surface area contributed by atoms with Crippen LogP contribution < -0.4 is 10.5 Å². The lowest BCUT2D eigenvalue weighted by Crippen LogP contribution is -2.47. The molecule has 0 N–H and O–H groups in total. The van der Waals surface area contributed by atoms with Crippen molar-refractivity contribution in [2.45, 2.75) is 32.2 Å². The molecule has 0 unspecified atom stereocenters. The first-order valence-corrected chi connectivity index (χ1v) is 9.64. The molecule has 0 saturated carbocycles. The second-order valence-electron chi connectivity index (χ2n) is 6.53. The Morgan fingerprint density at radius 1 is 1.08 bits per heavy atom. The minimum absolute atomic E-state index is 0.0528. The van der Waals surface area contributed by atoms with Crippen LogP contribution in [0.25, 0.3) is 0 Å². The summed E-state index contributed by atoms with van der Waals surface area (Å²) in [6.07, 6.45) is 6.26. The molecule has 4 rings (SSSR count). The Hall–Kier alpha value is -1.73. The molecule has 0 spiro atoms. The largest absolute Gasteiger partial charge is 0.346 e. The number of aromatic nitrogens is 3. The van der Waals surface area contributed by atoms with Gasteiger partial charge in [0.05, 0.1) is 12.2 Å². The van der Waals surface area contributed by atoms with E-state index in [9.17, 15) is 4.79 Å². The van der Waals surface area contributed by atoms with Crippen LogP contribution >= 0.6 is 11.3 Å².